The molecule has 28 heavy (non-hydrogen) atoms. The van der Waals surface area contributed by atoms with Gasteiger partial charge in [-0.05, 0) is 19.9 Å². The molecule has 0 saturated heterocycles. The quantitative estimate of drug-likeness (QED) is 0.732. The van der Waals surface area contributed by atoms with Crippen LogP contribution in [-0.4, -0.2) is 68.4 Å². The van der Waals surface area contributed by atoms with Gasteiger partial charge in [-0.25, -0.2) is 9.78 Å². The zero-order valence-corrected chi connectivity index (χ0v) is 15.8. The van der Waals surface area contributed by atoms with E-state index >= 15 is 0 Å². The van der Waals surface area contributed by atoms with Crippen LogP contribution in [0.25, 0.3) is 0 Å². The van der Waals surface area contributed by atoms with E-state index in [0.29, 0.717) is 25.7 Å². The van der Waals surface area contributed by atoms with Crippen LogP contribution in [-0.2, 0) is 17.9 Å². The molecule has 1 unspecified atom stereocenters. The van der Waals surface area contributed by atoms with Crippen LogP contribution in [0.15, 0.2) is 27.8 Å². The predicted octanol–water partition coefficient (Wildman–Crippen LogP) is -0.210. The molecule has 1 saturated carbocycles. The van der Waals surface area contributed by atoms with Crippen LogP contribution in [0.3, 0.4) is 0 Å². The minimum absolute atomic E-state index is 0.0557. The molecule has 10 heteroatoms. The third-order valence-corrected chi connectivity index (χ3v) is 5.47. The number of nitrogens with zero attached hydrogens (tertiary/aromatic N) is 4. The average molecular weight is 388 g/mol. The average Bonchev–Trinajstić information content (AvgIpc) is 3.17. The lowest BCUT2D eigenvalue weighted by Gasteiger charge is -2.34. The summed E-state index contributed by atoms with van der Waals surface area (Å²) < 4.78 is 6.83. The number of aromatic nitrogens is 3. The number of hydrogen-bond acceptors (Lipinski definition) is 6. The number of amides is 2. The van der Waals surface area contributed by atoms with Gasteiger partial charge in [0.2, 0.25) is 11.7 Å². The number of hydrogen-bond donors (Lipinski definition) is 2. The molecule has 150 valence electrons. The summed E-state index contributed by atoms with van der Waals surface area (Å²) >= 11 is 0. The summed E-state index contributed by atoms with van der Waals surface area (Å²) in [5.74, 6) is -0.498. The van der Waals surface area contributed by atoms with Gasteiger partial charge in [-0.2, -0.15) is 0 Å². The van der Waals surface area contributed by atoms with E-state index < -0.39 is 11.7 Å². The Bertz CT molecular complexity index is 911. The number of nitrogens with one attached hydrogen (secondary N) is 2. The van der Waals surface area contributed by atoms with Crippen LogP contribution in [0.1, 0.15) is 35.6 Å². The van der Waals surface area contributed by atoms with Gasteiger partial charge in [-0.15, -0.1) is 0 Å². The molecule has 0 spiro atoms. The Kier molecular flexibility index (Phi) is 5.03. The second-order valence-corrected chi connectivity index (χ2v) is 7.49. The molecule has 2 aromatic heterocycles. The third-order valence-electron chi connectivity index (χ3n) is 5.47. The van der Waals surface area contributed by atoms with Crippen molar-refractivity contribution in [2.45, 2.75) is 44.4 Å². The number of rotatable bonds is 5. The molecule has 4 rings (SSSR count). The molecule has 1 aliphatic carbocycles. The first-order chi connectivity index (χ1) is 13.5. The lowest BCUT2D eigenvalue weighted by Crippen LogP contribution is -2.50. The van der Waals surface area contributed by atoms with Crippen molar-refractivity contribution >= 4 is 11.8 Å². The minimum atomic E-state index is -0.677. The molecule has 0 radical (unpaired) electrons. The van der Waals surface area contributed by atoms with Gasteiger partial charge in [-0.3, -0.25) is 19.5 Å². The Hall–Kier alpha value is -2.88. The van der Waals surface area contributed by atoms with E-state index in [2.05, 4.69) is 20.2 Å². The van der Waals surface area contributed by atoms with E-state index in [0.717, 1.165) is 18.7 Å². The maximum absolute atomic E-state index is 12.8. The van der Waals surface area contributed by atoms with Crippen molar-refractivity contribution in [1.29, 1.82) is 0 Å². The highest BCUT2D eigenvalue weighted by Gasteiger charge is 2.30. The lowest BCUT2D eigenvalue weighted by atomic mass is 9.92. The largest absolute Gasteiger partial charge is 0.416 e. The van der Waals surface area contributed by atoms with Crippen LogP contribution >= 0.6 is 0 Å². The van der Waals surface area contributed by atoms with Gasteiger partial charge in [0.05, 0.1) is 25.3 Å². The Morgan fingerprint density at radius 2 is 2.21 bits per heavy atom. The Balaban J connectivity index is 1.46. The normalized spacial score (nSPS) is 19.8. The van der Waals surface area contributed by atoms with Crippen LogP contribution in [0.5, 0.6) is 0 Å². The molecule has 2 aromatic rings. The van der Waals surface area contributed by atoms with Gasteiger partial charge in [0.15, 0.2) is 0 Å². The van der Waals surface area contributed by atoms with Crippen LogP contribution in [0.2, 0.25) is 0 Å². The molecule has 1 fully saturated rings. The molecule has 0 aromatic carbocycles. The first-order valence-electron chi connectivity index (χ1n) is 9.47. The monoisotopic (exact) mass is 388 g/mol. The molecule has 10 nitrogen and oxygen atoms in total. The molecule has 2 aliphatic rings. The highest BCUT2D eigenvalue weighted by molar-refractivity contribution is 5.91. The van der Waals surface area contributed by atoms with Crippen molar-refractivity contribution in [1.82, 2.24) is 29.7 Å². The minimum Gasteiger partial charge on any atom is -0.403 e. The first kappa shape index (κ1) is 18.5. The van der Waals surface area contributed by atoms with Crippen molar-refractivity contribution < 1.29 is 14.0 Å². The highest BCUT2D eigenvalue weighted by Crippen LogP contribution is 2.23. The fourth-order valence-corrected chi connectivity index (χ4v) is 3.70. The number of fused-ring (bicyclic) bond motifs is 1. The van der Waals surface area contributed by atoms with Gasteiger partial charge in [0.1, 0.15) is 5.82 Å². The number of imidazole rings is 1. The summed E-state index contributed by atoms with van der Waals surface area (Å²) in [6, 6.07) is 0.210. The van der Waals surface area contributed by atoms with Gasteiger partial charge >= 0.3 is 5.76 Å². The lowest BCUT2D eigenvalue weighted by molar-refractivity contribution is -0.123. The SMILES string of the molecule is CN(CC(=O)NC1CN(C(=O)c2c[nH]c(=O)o2)Cc2nccn2C1)C1CCC1. The van der Waals surface area contributed by atoms with Crippen molar-refractivity contribution in [2.75, 3.05) is 20.1 Å². The molecule has 2 amide bonds. The smallest absolute Gasteiger partial charge is 0.403 e. The number of H-pyrrole nitrogens is 1. The summed E-state index contributed by atoms with van der Waals surface area (Å²) in [4.78, 5) is 46.8. The molecule has 3 heterocycles. The maximum atomic E-state index is 12.8. The molecule has 2 N–H and O–H groups in total. The van der Waals surface area contributed by atoms with E-state index in [1.54, 1.807) is 11.1 Å². The molecular weight excluding hydrogens is 364 g/mol. The topological polar surface area (TPSA) is 116 Å². The third kappa shape index (κ3) is 3.86. The van der Waals surface area contributed by atoms with Crippen LogP contribution < -0.4 is 11.1 Å². The van der Waals surface area contributed by atoms with E-state index in [-0.39, 0.29) is 24.3 Å². The second-order valence-electron chi connectivity index (χ2n) is 7.49. The Labute approximate surface area is 161 Å². The molecule has 1 atom stereocenters. The predicted molar refractivity (Wildman–Crippen MR) is 98.5 cm³/mol. The van der Waals surface area contributed by atoms with Gasteiger partial charge in [0, 0.05) is 31.5 Å². The van der Waals surface area contributed by atoms with Gasteiger partial charge < -0.3 is 19.2 Å². The zero-order chi connectivity index (χ0) is 19.7. The van der Waals surface area contributed by atoms with Crippen molar-refractivity contribution in [3.05, 3.63) is 40.7 Å². The first-order valence-corrected chi connectivity index (χ1v) is 9.47. The molecular formula is C18H24N6O4. The summed E-state index contributed by atoms with van der Waals surface area (Å²) in [6.07, 6.45) is 8.24. The van der Waals surface area contributed by atoms with Crippen molar-refractivity contribution in [3.8, 4) is 0 Å². The van der Waals surface area contributed by atoms with E-state index in [1.165, 1.54) is 12.6 Å². The number of carbonyl (C=O) groups is 2. The van der Waals surface area contributed by atoms with E-state index in [4.69, 9.17) is 4.42 Å². The Morgan fingerprint density at radius 3 is 2.89 bits per heavy atom. The van der Waals surface area contributed by atoms with Crippen LogP contribution in [0.4, 0.5) is 0 Å². The molecule has 0 bridgehead atoms. The Morgan fingerprint density at radius 1 is 1.39 bits per heavy atom. The fourth-order valence-electron chi connectivity index (χ4n) is 3.70. The van der Waals surface area contributed by atoms with Gasteiger partial charge in [0.25, 0.3) is 5.91 Å². The number of likely N-dealkylation sites (N-methyl/N-ethyl adjacent to an activating group) is 1. The fraction of sp³-hybridized carbons (Fsp3) is 0.556. The highest BCUT2D eigenvalue weighted by atomic mass is 16.4. The van der Waals surface area contributed by atoms with Crippen molar-refractivity contribution in [3.63, 3.8) is 0 Å². The standard InChI is InChI=1S/C18H24N6O4/c1-22(13-3-2-4-13)11-16(25)21-12-8-23-6-5-19-15(23)10-24(9-12)17(26)14-7-20-18(27)28-14/h5-7,12-13H,2-4,8-11H2,1H3,(H,20,27)(H,21,25). The number of aromatic amines is 1. The number of oxazole rings is 1. The zero-order valence-electron chi connectivity index (χ0n) is 15.8. The van der Waals surface area contributed by atoms with E-state index in [1.807, 2.05) is 17.8 Å². The second kappa shape index (κ2) is 7.63. The van der Waals surface area contributed by atoms with Gasteiger partial charge in [-0.1, -0.05) is 6.42 Å². The van der Waals surface area contributed by atoms with Crippen molar-refractivity contribution in [2.24, 2.45) is 0 Å². The maximum Gasteiger partial charge on any atom is 0.416 e. The molecule has 1 aliphatic heterocycles. The number of carbonyl (C=O) groups excluding carboxylic acids is 2. The summed E-state index contributed by atoms with van der Waals surface area (Å²) in [7, 11) is 1.97. The summed E-state index contributed by atoms with van der Waals surface area (Å²) in [6.45, 7) is 1.43. The summed E-state index contributed by atoms with van der Waals surface area (Å²) in [5.41, 5.74) is 0. The van der Waals surface area contributed by atoms with E-state index in [9.17, 15) is 14.4 Å². The summed E-state index contributed by atoms with van der Waals surface area (Å²) in [5, 5.41) is 3.04. The van der Waals surface area contributed by atoms with Crippen LogP contribution in [0, 0.1) is 0 Å².